The highest BCUT2D eigenvalue weighted by molar-refractivity contribution is 7.14. The molecular weight excluding hydrogens is 356 g/mol. The molecule has 1 aliphatic heterocycles. The molecule has 5 nitrogen and oxygen atoms in total. The average molecular weight is 379 g/mol. The number of carbonyl (C=O) groups excluding carboxylic acids is 1. The van der Waals surface area contributed by atoms with Crippen LogP contribution in [0.3, 0.4) is 0 Å². The van der Waals surface area contributed by atoms with Gasteiger partial charge in [-0.25, -0.2) is 0 Å². The number of nitrogens with one attached hydrogen (secondary N) is 1. The van der Waals surface area contributed by atoms with Crippen LogP contribution in [-0.2, 0) is 4.79 Å². The Balaban J connectivity index is 1.44. The first-order valence-corrected chi connectivity index (χ1v) is 10.1. The van der Waals surface area contributed by atoms with E-state index in [2.05, 4.69) is 31.6 Å². The molecule has 3 aromatic heterocycles. The molecule has 1 amide bonds. The maximum Gasteiger partial charge on any atom is 0.238 e. The third-order valence-electron chi connectivity index (χ3n) is 4.72. The molecule has 0 spiro atoms. The van der Waals surface area contributed by atoms with Crippen molar-refractivity contribution in [3.8, 4) is 21.6 Å². The van der Waals surface area contributed by atoms with Gasteiger partial charge in [-0.15, -0.1) is 11.3 Å². The van der Waals surface area contributed by atoms with Gasteiger partial charge in [0.15, 0.2) is 0 Å². The number of nitrogens with zero attached hydrogens (tertiary/aromatic N) is 3. The molecule has 0 atom stereocenters. The van der Waals surface area contributed by atoms with Crippen molar-refractivity contribution in [3.05, 3.63) is 54.4 Å². The number of hydrogen-bond donors (Lipinski definition) is 1. The van der Waals surface area contributed by atoms with E-state index in [0.29, 0.717) is 6.54 Å². The van der Waals surface area contributed by atoms with Crippen LogP contribution in [0, 0.1) is 0 Å². The lowest BCUT2D eigenvalue weighted by Crippen LogP contribution is -2.36. The number of aromatic nitrogens is 2. The van der Waals surface area contributed by atoms with E-state index in [9.17, 15) is 4.79 Å². The molecule has 0 aliphatic carbocycles. The molecule has 4 rings (SSSR count). The lowest BCUT2D eigenvalue weighted by Gasteiger charge is -2.25. The average Bonchev–Trinajstić information content (AvgIpc) is 3.20. The number of amides is 1. The number of hydrogen-bond acceptors (Lipinski definition) is 5. The quantitative estimate of drug-likeness (QED) is 0.719. The van der Waals surface area contributed by atoms with Gasteiger partial charge in [-0.05, 0) is 55.1 Å². The summed E-state index contributed by atoms with van der Waals surface area (Å²) in [5, 5.41) is 5.11. The van der Waals surface area contributed by atoms with Crippen LogP contribution in [0.2, 0.25) is 0 Å². The van der Waals surface area contributed by atoms with E-state index < -0.39 is 0 Å². The van der Waals surface area contributed by atoms with Crippen molar-refractivity contribution in [1.29, 1.82) is 0 Å². The number of piperidine rings is 1. The molecule has 3 aromatic rings. The number of pyridine rings is 2. The first-order valence-electron chi connectivity index (χ1n) is 9.24. The maximum atomic E-state index is 12.3. The fourth-order valence-electron chi connectivity index (χ4n) is 3.34. The Labute approximate surface area is 163 Å². The second-order valence-electron chi connectivity index (χ2n) is 6.79. The predicted octanol–water partition coefficient (Wildman–Crippen LogP) is 4.30. The summed E-state index contributed by atoms with van der Waals surface area (Å²) < 4.78 is 0. The Morgan fingerprint density at radius 2 is 1.89 bits per heavy atom. The van der Waals surface area contributed by atoms with Crippen molar-refractivity contribution < 1.29 is 4.79 Å². The van der Waals surface area contributed by atoms with E-state index in [1.165, 1.54) is 19.3 Å². The van der Waals surface area contributed by atoms with E-state index in [4.69, 9.17) is 0 Å². The molecule has 1 aliphatic rings. The fraction of sp³-hybridized carbons (Fsp3) is 0.286. The molecule has 0 saturated carbocycles. The topological polar surface area (TPSA) is 58.1 Å². The second kappa shape index (κ2) is 8.41. The van der Waals surface area contributed by atoms with E-state index >= 15 is 0 Å². The number of likely N-dealkylation sites (tertiary alicyclic amines) is 1. The predicted molar refractivity (Wildman–Crippen MR) is 110 cm³/mol. The first kappa shape index (κ1) is 17.8. The Morgan fingerprint density at radius 1 is 1.04 bits per heavy atom. The van der Waals surface area contributed by atoms with Crippen LogP contribution in [-0.4, -0.2) is 40.4 Å². The lowest BCUT2D eigenvalue weighted by molar-refractivity contribution is -0.117. The summed E-state index contributed by atoms with van der Waals surface area (Å²) in [6.07, 6.45) is 10.8. The van der Waals surface area contributed by atoms with Crippen LogP contribution in [0.1, 0.15) is 19.3 Å². The molecule has 4 heterocycles. The summed E-state index contributed by atoms with van der Waals surface area (Å²) in [6.45, 7) is 2.48. The highest BCUT2D eigenvalue weighted by atomic mass is 32.1. The molecule has 0 radical (unpaired) electrons. The first-order chi connectivity index (χ1) is 13.3. The van der Waals surface area contributed by atoms with Gasteiger partial charge in [-0.3, -0.25) is 19.7 Å². The number of rotatable bonds is 5. The molecule has 6 heteroatoms. The number of anilines is 1. The number of thiophene rings is 1. The monoisotopic (exact) mass is 378 g/mol. The van der Waals surface area contributed by atoms with E-state index in [1.54, 1.807) is 23.7 Å². The van der Waals surface area contributed by atoms with Gasteiger partial charge in [0.2, 0.25) is 5.91 Å². The smallest absolute Gasteiger partial charge is 0.238 e. The summed E-state index contributed by atoms with van der Waals surface area (Å²) in [4.78, 5) is 24.2. The Kier molecular flexibility index (Phi) is 5.55. The van der Waals surface area contributed by atoms with Gasteiger partial charge in [0.1, 0.15) is 0 Å². The summed E-state index contributed by atoms with van der Waals surface area (Å²) in [7, 11) is 0. The molecule has 1 saturated heterocycles. The highest BCUT2D eigenvalue weighted by Gasteiger charge is 2.14. The minimum absolute atomic E-state index is 0.0260. The van der Waals surface area contributed by atoms with Crippen LogP contribution < -0.4 is 5.32 Å². The number of carbonyl (C=O) groups is 1. The molecule has 1 N–H and O–H groups in total. The van der Waals surface area contributed by atoms with Crippen molar-refractivity contribution in [2.75, 3.05) is 25.0 Å². The molecule has 0 aromatic carbocycles. The van der Waals surface area contributed by atoms with E-state index in [1.807, 2.05) is 30.6 Å². The molecule has 0 bridgehead atoms. The van der Waals surface area contributed by atoms with E-state index in [-0.39, 0.29) is 5.91 Å². The second-order valence-corrected chi connectivity index (χ2v) is 7.70. The van der Waals surface area contributed by atoms with Gasteiger partial charge in [-0.1, -0.05) is 12.5 Å². The van der Waals surface area contributed by atoms with Crippen molar-refractivity contribution >= 4 is 22.9 Å². The van der Waals surface area contributed by atoms with Gasteiger partial charge in [0.05, 0.1) is 18.4 Å². The zero-order valence-electron chi connectivity index (χ0n) is 15.1. The Morgan fingerprint density at radius 3 is 2.70 bits per heavy atom. The fourth-order valence-corrected chi connectivity index (χ4v) is 4.24. The Hall–Kier alpha value is -2.57. The molecule has 138 valence electrons. The third kappa shape index (κ3) is 4.59. The van der Waals surface area contributed by atoms with E-state index in [0.717, 1.165) is 40.3 Å². The van der Waals surface area contributed by atoms with Gasteiger partial charge in [0, 0.05) is 34.6 Å². The van der Waals surface area contributed by atoms with Crippen LogP contribution in [0.4, 0.5) is 5.69 Å². The van der Waals surface area contributed by atoms with Crippen LogP contribution >= 0.6 is 11.3 Å². The lowest BCUT2D eigenvalue weighted by atomic mass is 10.1. The van der Waals surface area contributed by atoms with Crippen LogP contribution in [0.5, 0.6) is 0 Å². The Bertz CT molecular complexity index is 903. The zero-order valence-corrected chi connectivity index (χ0v) is 15.9. The highest BCUT2D eigenvalue weighted by Crippen LogP contribution is 2.32. The van der Waals surface area contributed by atoms with Crippen LogP contribution in [0.15, 0.2) is 54.4 Å². The van der Waals surface area contributed by atoms with Crippen molar-refractivity contribution in [3.63, 3.8) is 0 Å². The van der Waals surface area contributed by atoms with Gasteiger partial charge in [0.25, 0.3) is 0 Å². The summed E-state index contributed by atoms with van der Waals surface area (Å²) in [5.74, 6) is 0.0260. The molecule has 27 heavy (non-hydrogen) atoms. The normalized spacial score (nSPS) is 14.8. The molecule has 1 fully saturated rings. The SMILES string of the molecule is O=C(CN1CCCCC1)Nc1cncc(-c2cc(-c3cccnc3)cs2)c1. The van der Waals surface area contributed by atoms with Crippen molar-refractivity contribution in [1.82, 2.24) is 14.9 Å². The van der Waals surface area contributed by atoms with Crippen molar-refractivity contribution in [2.24, 2.45) is 0 Å². The third-order valence-corrected chi connectivity index (χ3v) is 5.70. The standard InChI is InChI=1S/C21H22N4OS/c26-21(14-25-7-2-1-3-8-25)24-19-9-17(12-23-13-19)20-10-18(15-27-20)16-5-4-6-22-11-16/h4-6,9-13,15H,1-3,7-8,14H2,(H,24,26). The summed E-state index contributed by atoms with van der Waals surface area (Å²) in [5.41, 5.74) is 3.98. The van der Waals surface area contributed by atoms with Gasteiger partial charge < -0.3 is 5.32 Å². The summed E-state index contributed by atoms with van der Waals surface area (Å²) in [6, 6.07) is 8.11. The maximum absolute atomic E-state index is 12.3. The zero-order chi connectivity index (χ0) is 18.5. The minimum atomic E-state index is 0.0260. The molecule has 0 unspecified atom stereocenters. The largest absolute Gasteiger partial charge is 0.324 e. The minimum Gasteiger partial charge on any atom is -0.324 e. The summed E-state index contributed by atoms with van der Waals surface area (Å²) >= 11 is 1.66. The van der Waals surface area contributed by atoms with Gasteiger partial charge in [-0.2, -0.15) is 0 Å². The van der Waals surface area contributed by atoms with Crippen LogP contribution in [0.25, 0.3) is 21.6 Å². The van der Waals surface area contributed by atoms with Gasteiger partial charge >= 0.3 is 0 Å². The van der Waals surface area contributed by atoms with Crippen molar-refractivity contribution in [2.45, 2.75) is 19.3 Å². The molecular formula is C21H22N4OS.